The molecule has 11 aromatic carbocycles. The number of ether oxygens (including phenoxy) is 2. The molecule has 14 aromatic rings. The Hall–Kier alpha value is -9.65. The third-order valence-electron chi connectivity index (χ3n) is 17.1. The van der Waals surface area contributed by atoms with Crippen LogP contribution in [0.25, 0.3) is 110 Å². The topological polar surface area (TPSA) is 61.7 Å². The number of aromatic nitrogens is 2. The van der Waals surface area contributed by atoms with Crippen LogP contribution < -0.4 is 42.3 Å². The second kappa shape index (κ2) is 14.1. The second-order valence-corrected chi connectivity index (χ2v) is 20.8. The third-order valence-corrected chi connectivity index (χ3v) is 17.1. The Morgan fingerprint density at radius 1 is 0.387 bits per heavy atom. The van der Waals surface area contributed by atoms with Crippen LogP contribution in [0.15, 0.2) is 211 Å². The lowest BCUT2D eigenvalue weighted by atomic mass is 9.31. The van der Waals surface area contributed by atoms with E-state index in [0.717, 1.165) is 117 Å². The molecule has 0 saturated carbocycles. The summed E-state index contributed by atoms with van der Waals surface area (Å²) in [5.41, 5.74) is 22.8. The summed E-state index contributed by atoms with van der Waals surface area (Å²) < 4.78 is 26.3. The van der Waals surface area contributed by atoms with Gasteiger partial charge in [-0.05, 0) is 134 Å². The number of hydrogen-bond donors (Lipinski definition) is 1. The molecule has 6 nitrogen and oxygen atoms in total. The smallest absolute Gasteiger partial charge is 0.256 e. The highest BCUT2D eigenvalue weighted by Crippen LogP contribution is 2.46. The van der Waals surface area contributed by atoms with Crippen molar-refractivity contribution in [3.8, 4) is 73.5 Å². The minimum atomic E-state index is -0.132. The Labute approximate surface area is 430 Å². The van der Waals surface area contributed by atoms with E-state index in [4.69, 9.17) is 13.9 Å². The summed E-state index contributed by atoms with van der Waals surface area (Å²) in [5.74, 6) is 3.59. The summed E-state index contributed by atoms with van der Waals surface area (Å²) in [6, 6.07) is 73.8. The minimum absolute atomic E-state index is 0.122. The number of phenols is 1. The van der Waals surface area contributed by atoms with Gasteiger partial charge in [-0.25, -0.2) is 0 Å². The SMILES string of the molecule is Cc1c2c(cc3c1Oc1cc(-c4ccc5oc6ccccc6c5c4)cc4c1B3c1cccc3c5ccccc5n-4c13)B1c3c(cc(-c4cccc(-c5ccccc5O)c4)cc3-n3c4ccccc4c4cccc1c43)O2. The molecule has 0 aliphatic carbocycles. The molecule has 0 spiro atoms. The van der Waals surface area contributed by atoms with E-state index in [2.05, 4.69) is 186 Å². The van der Waals surface area contributed by atoms with Gasteiger partial charge in [-0.2, -0.15) is 0 Å². The fraction of sp³-hybridized carbons (Fsp3) is 0.0149. The molecular weight excluding hydrogens is 918 g/mol. The van der Waals surface area contributed by atoms with Gasteiger partial charge in [-0.3, -0.25) is 0 Å². The summed E-state index contributed by atoms with van der Waals surface area (Å²) >= 11 is 0. The van der Waals surface area contributed by atoms with Gasteiger partial charge in [-0.1, -0.05) is 140 Å². The van der Waals surface area contributed by atoms with Crippen LogP contribution in [0, 0.1) is 6.92 Å². The first-order valence-electron chi connectivity index (χ1n) is 25.8. The summed E-state index contributed by atoms with van der Waals surface area (Å²) in [4.78, 5) is 0. The molecule has 0 unspecified atom stereocenters. The molecule has 0 fully saturated rings. The number of nitrogens with zero attached hydrogens (tertiary/aromatic N) is 2. The third kappa shape index (κ3) is 5.11. The van der Waals surface area contributed by atoms with E-state index in [9.17, 15) is 5.11 Å². The lowest BCUT2D eigenvalue weighted by molar-refractivity contribution is 0.459. The average Bonchev–Trinajstić information content (AvgIpc) is 4.12. The molecule has 0 radical (unpaired) electrons. The van der Waals surface area contributed by atoms with Gasteiger partial charge in [0.1, 0.15) is 39.9 Å². The van der Waals surface area contributed by atoms with Crippen LogP contribution in [-0.2, 0) is 0 Å². The van der Waals surface area contributed by atoms with Gasteiger partial charge in [0.05, 0.1) is 11.0 Å². The molecule has 1 N–H and O–H groups in total. The number of hydrogen-bond acceptors (Lipinski definition) is 4. The Kier molecular flexibility index (Phi) is 7.50. The van der Waals surface area contributed by atoms with Crippen molar-refractivity contribution >= 4 is 112 Å². The second-order valence-electron chi connectivity index (χ2n) is 20.8. The van der Waals surface area contributed by atoms with Crippen LogP contribution in [-0.4, -0.2) is 27.7 Å². The lowest BCUT2D eigenvalue weighted by Gasteiger charge is -2.38. The van der Waals surface area contributed by atoms with E-state index in [0.29, 0.717) is 0 Å². The van der Waals surface area contributed by atoms with Gasteiger partial charge in [0.25, 0.3) is 13.4 Å². The molecular formula is C67H38B2N2O4. The summed E-state index contributed by atoms with van der Waals surface area (Å²) in [5, 5.41) is 18.1. The molecule has 4 aliphatic heterocycles. The van der Waals surface area contributed by atoms with E-state index < -0.39 is 0 Å². The number of para-hydroxylation sites is 6. The first-order chi connectivity index (χ1) is 37.0. The normalized spacial score (nSPS) is 13.3. The van der Waals surface area contributed by atoms with E-state index in [1.54, 1.807) is 6.07 Å². The average molecular weight is 957 g/mol. The highest BCUT2D eigenvalue weighted by Gasteiger charge is 2.46. The van der Waals surface area contributed by atoms with Gasteiger partial charge < -0.3 is 28.1 Å². The highest BCUT2D eigenvalue weighted by atomic mass is 16.5. The van der Waals surface area contributed by atoms with E-state index in [1.807, 2.05) is 30.3 Å². The first kappa shape index (κ1) is 39.9. The maximum absolute atomic E-state index is 11.0. The fourth-order valence-electron chi connectivity index (χ4n) is 13.9. The molecule has 0 bridgehead atoms. The first-order valence-corrected chi connectivity index (χ1v) is 25.8. The van der Waals surface area contributed by atoms with Gasteiger partial charge in [0.2, 0.25) is 0 Å². The monoisotopic (exact) mass is 956 g/mol. The van der Waals surface area contributed by atoms with E-state index in [1.165, 1.54) is 54.5 Å². The van der Waals surface area contributed by atoms with Crippen molar-refractivity contribution in [1.82, 2.24) is 9.13 Å². The zero-order chi connectivity index (χ0) is 48.9. The number of aromatic hydroxyl groups is 1. The minimum Gasteiger partial charge on any atom is -0.507 e. The van der Waals surface area contributed by atoms with Crippen LogP contribution >= 0.6 is 0 Å². The van der Waals surface area contributed by atoms with E-state index in [-0.39, 0.29) is 19.2 Å². The molecule has 18 rings (SSSR count). The summed E-state index contributed by atoms with van der Waals surface area (Å²) in [6.07, 6.45) is 0. The van der Waals surface area contributed by atoms with Crippen LogP contribution in [0.5, 0.6) is 28.7 Å². The van der Waals surface area contributed by atoms with Crippen molar-refractivity contribution in [2.45, 2.75) is 6.92 Å². The Morgan fingerprint density at radius 2 is 0.907 bits per heavy atom. The molecule has 7 heterocycles. The number of furan rings is 1. The van der Waals surface area contributed by atoms with Crippen molar-refractivity contribution in [1.29, 1.82) is 0 Å². The Balaban J connectivity index is 0.897. The Morgan fingerprint density at radius 3 is 1.55 bits per heavy atom. The van der Waals surface area contributed by atoms with Crippen LogP contribution in [0.2, 0.25) is 0 Å². The molecule has 0 amide bonds. The van der Waals surface area contributed by atoms with Crippen molar-refractivity contribution in [2.24, 2.45) is 0 Å². The highest BCUT2D eigenvalue weighted by molar-refractivity contribution is 7.02. The standard InChI is InChI=1S/C67H38B2N2O4/c1-36-66-51(68-49-21-11-19-46-43-16-2-6-23-53(43)70(64(46)49)55-31-40(33-60(74-66)62(55)68)37-13-10-14-39(29-37)42-15-4-8-25-57(42)72)35-52-67(36)75-61-34-41(38-27-28-59-48(30-38)45-18-5-9-26-58(45)73-59)32-56-63(61)69(52)50-22-12-20-47-44-17-3-7-24-54(44)71(56)65(47)50/h2-35,72H,1H3. The summed E-state index contributed by atoms with van der Waals surface area (Å²) in [6.45, 7) is 1.94. The van der Waals surface area contributed by atoms with E-state index >= 15 is 0 Å². The van der Waals surface area contributed by atoms with Gasteiger partial charge in [0.15, 0.2) is 0 Å². The van der Waals surface area contributed by atoms with Gasteiger partial charge >= 0.3 is 0 Å². The van der Waals surface area contributed by atoms with Crippen LogP contribution in [0.1, 0.15) is 5.56 Å². The molecule has 8 heteroatoms. The molecule has 75 heavy (non-hydrogen) atoms. The van der Waals surface area contributed by atoms with Crippen molar-refractivity contribution in [2.75, 3.05) is 0 Å². The molecule has 0 saturated heterocycles. The quantitative estimate of drug-likeness (QED) is 0.179. The van der Waals surface area contributed by atoms with Gasteiger partial charge in [-0.15, -0.1) is 0 Å². The van der Waals surface area contributed by atoms with Crippen LogP contribution in [0.3, 0.4) is 0 Å². The summed E-state index contributed by atoms with van der Waals surface area (Å²) in [7, 11) is 0. The zero-order valence-electron chi connectivity index (χ0n) is 40.4. The molecule has 3 aromatic heterocycles. The predicted octanol–water partition coefficient (Wildman–Crippen LogP) is 12.7. The lowest BCUT2D eigenvalue weighted by Crippen LogP contribution is -2.62. The maximum atomic E-state index is 11.0. The van der Waals surface area contributed by atoms with Crippen LogP contribution in [0.4, 0.5) is 0 Å². The molecule has 4 aliphatic rings. The molecule has 346 valence electrons. The zero-order valence-corrected chi connectivity index (χ0v) is 40.4. The van der Waals surface area contributed by atoms with Crippen molar-refractivity contribution in [3.63, 3.8) is 0 Å². The number of rotatable bonds is 3. The largest absolute Gasteiger partial charge is 0.507 e. The number of fused-ring (bicyclic) bond motifs is 17. The van der Waals surface area contributed by atoms with Crippen molar-refractivity contribution in [3.05, 3.63) is 212 Å². The number of phenolic OH excluding ortho intramolecular Hbond substituents is 1. The maximum Gasteiger partial charge on any atom is 0.256 e. The fourth-order valence-corrected chi connectivity index (χ4v) is 13.9. The molecule has 0 atom stereocenters. The van der Waals surface area contributed by atoms with Crippen molar-refractivity contribution < 1.29 is 19.0 Å². The Bertz CT molecular complexity index is 4960. The predicted molar refractivity (Wildman–Crippen MR) is 307 cm³/mol. The number of benzene rings is 11. The van der Waals surface area contributed by atoms with Gasteiger partial charge in [0, 0.05) is 65.9 Å².